The van der Waals surface area contributed by atoms with E-state index in [1.54, 1.807) is 6.92 Å². The summed E-state index contributed by atoms with van der Waals surface area (Å²) in [6, 6.07) is -0.0625. The molecule has 1 N–H and O–H groups in total. The Kier molecular flexibility index (Phi) is 7.84. The largest absolute Gasteiger partial charge is 0.484 e. The number of aryl methyl sites for hydroxylation is 1. The maximum atomic E-state index is 14.7. The molecule has 1 aromatic heterocycles. The van der Waals surface area contributed by atoms with Gasteiger partial charge in [-0.3, -0.25) is 9.36 Å². The number of benzene rings is 1. The van der Waals surface area contributed by atoms with Crippen LogP contribution in [0.2, 0.25) is 0 Å². The molecule has 1 aliphatic rings. The van der Waals surface area contributed by atoms with Crippen LogP contribution < -0.4 is 14.8 Å². The molecule has 13 heteroatoms. The minimum Gasteiger partial charge on any atom is -0.484 e. The van der Waals surface area contributed by atoms with Gasteiger partial charge in [-0.25, -0.2) is 26.3 Å². The molecule has 34 heavy (non-hydrogen) atoms. The smallest absolute Gasteiger partial charge is 0.297 e. The number of nitrogens with zero attached hydrogens (tertiary/aromatic N) is 2. The quantitative estimate of drug-likeness (QED) is 0.531. The van der Waals surface area contributed by atoms with Crippen LogP contribution in [0.15, 0.2) is 6.07 Å². The summed E-state index contributed by atoms with van der Waals surface area (Å²) in [7, 11) is 1.26. The van der Waals surface area contributed by atoms with Gasteiger partial charge in [-0.2, -0.15) is 4.98 Å². The van der Waals surface area contributed by atoms with Crippen molar-refractivity contribution in [3.05, 3.63) is 17.7 Å². The Bertz CT molecular complexity index is 1030. The fraction of sp³-hybridized carbons (Fsp3) is 0.619. The number of fused-ring (bicyclic) bond motifs is 1. The summed E-state index contributed by atoms with van der Waals surface area (Å²) in [5, 5.41) is 2.61. The highest BCUT2D eigenvalue weighted by Crippen LogP contribution is 2.37. The van der Waals surface area contributed by atoms with Gasteiger partial charge in [0.15, 0.2) is 17.4 Å². The number of amides is 1. The molecule has 2 heterocycles. The van der Waals surface area contributed by atoms with Gasteiger partial charge in [0.25, 0.3) is 18.4 Å². The van der Waals surface area contributed by atoms with Gasteiger partial charge in [-0.05, 0) is 19.8 Å². The van der Waals surface area contributed by atoms with E-state index in [2.05, 4.69) is 15.0 Å². The number of rotatable bonds is 9. The van der Waals surface area contributed by atoms with Crippen LogP contribution in [0.4, 0.5) is 26.3 Å². The topological polar surface area (TPSA) is 74.6 Å². The number of ether oxygens (including phenoxy) is 3. The normalized spacial score (nSPS) is 21.0. The molecule has 1 saturated heterocycles. The van der Waals surface area contributed by atoms with E-state index in [1.165, 1.54) is 14.0 Å². The lowest BCUT2D eigenvalue weighted by Crippen LogP contribution is -2.48. The summed E-state index contributed by atoms with van der Waals surface area (Å²) in [4.78, 5) is 14.9. The van der Waals surface area contributed by atoms with Gasteiger partial charge in [0.05, 0.1) is 13.0 Å². The monoisotopic (exact) mass is 497 g/mol. The molecular weight excluding hydrogens is 472 g/mol. The summed E-state index contributed by atoms with van der Waals surface area (Å²) in [5.74, 6) is -6.44. The third-order valence-corrected chi connectivity index (χ3v) is 5.36. The van der Waals surface area contributed by atoms with Gasteiger partial charge in [0, 0.05) is 26.1 Å². The zero-order chi connectivity index (χ0) is 25.2. The summed E-state index contributed by atoms with van der Waals surface area (Å²) >= 11 is 0. The Hall–Kier alpha value is -2.70. The molecule has 1 fully saturated rings. The number of carbonyl (C=O) groups excluding carboxylic acids is 1. The molecule has 2 aromatic rings. The molecular formula is C21H25F6N3O4. The Balaban J connectivity index is 1.71. The van der Waals surface area contributed by atoms with Crippen LogP contribution in [0.1, 0.15) is 33.1 Å². The minimum atomic E-state index is -3.25. The van der Waals surface area contributed by atoms with Gasteiger partial charge in [-0.1, -0.05) is 0 Å². The van der Waals surface area contributed by atoms with Crippen molar-refractivity contribution in [1.29, 1.82) is 0 Å². The molecule has 0 spiro atoms. The highest BCUT2D eigenvalue weighted by atomic mass is 19.3. The minimum absolute atomic E-state index is 0.00523. The molecule has 0 radical (unpaired) electrons. The zero-order valence-electron chi connectivity index (χ0n) is 18.7. The van der Waals surface area contributed by atoms with Crippen molar-refractivity contribution in [2.24, 2.45) is 7.05 Å². The number of alkyl halides is 4. The molecule has 3 atom stereocenters. The molecule has 190 valence electrons. The van der Waals surface area contributed by atoms with Crippen molar-refractivity contribution in [3.8, 4) is 11.8 Å². The van der Waals surface area contributed by atoms with Crippen LogP contribution in [0, 0.1) is 11.6 Å². The van der Waals surface area contributed by atoms with Crippen molar-refractivity contribution >= 4 is 16.9 Å². The molecule has 0 bridgehead atoms. The third-order valence-electron chi connectivity index (χ3n) is 5.36. The Morgan fingerprint density at radius 1 is 1.38 bits per heavy atom. The first-order valence-corrected chi connectivity index (χ1v) is 10.6. The number of imidazole rings is 1. The van der Waals surface area contributed by atoms with Gasteiger partial charge < -0.3 is 19.5 Å². The summed E-state index contributed by atoms with van der Waals surface area (Å²) in [6.07, 6.45) is -5.86. The van der Waals surface area contributed by atoms with E-state index in [1.807, 2.05) is 0 Å². The standard InChI is InChI=1S/C21H25F6N3O4/c1-10(28-11(2)31)4-5-15-21(26,27)7-12(8-33-15)34-20-29-18-13(22)6-14(32-9-16(23)24)17(25)19(18)30(20)3/h6,10,12,15-16H,4-5,7-9H2,1-3H3,(H,28,31)/t10-,12+,15+/m0/s1. The summed E-state index contributed by atoms with van der Waals surface area (Å²) < 4.78 is 99.6. The van der Waals surface area contributed by atoms with Crippen LogP contribution in [-0.2, 0) is 16.6 Å². The number of carbonyl (C=O) groups is 1. The zero-order valence-corrected chi connectivity index (χ0v) is 18.7. The first-order valence-electron chi connectivity index (χ1n) is 10.6. The van der Waals surface area contributed by atoms with Gasteiger partial charge in [-0.15, -0.1) is 0 Å². The van der Waals surface area contributed by atoms with Gasteiger partial charge in [0.1, 0.15) is 29.8 Å². The molecule has 0 aliphatic carbocycles. The average molecular weight is 497 g/mol. The molecule has 7 nitrogen and oxygen atoms in total. The van der Waals surface area contributed by atoms with E-state index in [0.29, 0.717) is 6.07 Å². The van der Waals surface area contributed by atoms with Crippen molar-refractivity contribution in [2.45, 2.75) is 63.7 Å². The second-order valence-electron chi connectivity index (χ2n) is 8.23. The van der Waals surface area contributed by atoms with E-state index in [0.717, 1.165) is 4.57 Å². The second-order valence-corrected chi connectivity index (χ2v) is 8.23. The van der Waals surface area contributed by atoms with E-state index in [9.17, 15) is 31.1 Å². The molecule has 3 rings (SSSR count). The Labute approximate surface area is 191 Å². The van der Waals surface area contributed by atoms with Crippen LogP contribution in [0.25, 0.3) is 11.0 Å². The molecule has 0 unspecified atom stereocenters. The number of nitrogens with one attached hydrogen (secondary N) is 1. The van der Waals surface area contributed by atoms with E-state index < -0.39 is 66.0 Å². The van der Waals surface area contributed by atoms with E-state index >= 15 is 0 Å². The average Bonchev–Trinajstić information content (AvgIpc) is 3.04. The molecule has 1 aromatic carbocycles. The van der Waals surface area contributed by atoms with Crippen LogP contribution in [-0.4, -0.2) is 59.3 Å². The lowest BCUT2D eigenvalue weighted by atomic mass is 9.97. The van der Waals surface area contributed by atoms with Crippen molar-refractivity contribution in [3.63, 3.8) is 0 Å². The fourth-order valence-electron chi connectivity index (χ4n) is 3.80. The Morgan fingerprint density at radius 2 is 2.09 bits per heavy atom. The summed E-state index contributed by atoms with van der Waals surface area (Å²) in [6.45, 7) is 1.68. The lowest BCUT2D eigenvalue weighted by molar-refractivity contribution is -0.202. The Morgan fingerprint density at radius 3 is 2.71 bits per heavy atom. The van der Waals surface area contributed by atoms with Crippen LogP contribution in [0.3, 0.4) is 0 Å². The van der Waals surface area contributed by atoms with E-state index in [4.69, 9.17) is 9.47 Å². The number of hydrogen-bond acceptors (Lipinski definition) is 5. The van der Waals surface area contributed by atoms with Gasteiger partial charge in [0.2, 0.25) is 5.91 Å². The maximum Gasteiger partial charge on any atom is 0.297 e. The SMILES string of the molecule is CC(=O)N[C@@H](C)CC[C@H]1OC[C@H](Oc2nc3c(F)cc(OCC(F)F)c(F)c3n2C)CC1(F)F. The van der Waals surface area contributed by atoms with Crippen LogP contribution in [0.5, 0.6) is 11.8 Å². The maximum absolute atomic E-state index is 14.7. The number of hydrogen-bond donors (Lipinski definition) is 1. The van der Waals surface area contributed by atoms with Crippen molar-refractivity contribution < 1.29 is 45.3 Å². The number of halogens is 6. The predicted octanol–water partition coefficient (Wildman–Crippen LogP) is 3.97. The van der Waals surface area contributed by atoms with E-state index in [-0.39, 0.29) is 37.4 Å². The fourth-order valence-corrected chi connectivity index (χ4v) is 3.80. The number of aromatic nitrogens is 2. The molecule has 1 aliphatic heterocycles. The highest BCUT2D eigenvalue weighted by molar-refractivity contribution is 5.80. The second kappa shape index (κ2) is 10.3. The lowest BCUT2D eigenvalue weighted by Gasteiger charge is -2.36. The predicted molar refractivity (Wildman–Crippen MR) is 108 cm³/mol. The first-order chi connectivity index (χ1) is 15.9. The third kappa shape index (κ3) is 5.86. The van der Waals surface area contributed by atoms with Crippen molar-refractivity contribution in [2.75, 3.05) is 13.2 Å². The first kappa shape index (κ1) is 25.9. The highest BCUT2D eigenvalue weighted by Gasteiger charge is 2.47. The summed E-state index contributed by atoms with van der Waals surface area (Å²) in [5.41, 5.74) is -0.889. The van der Waals surface area contributed by atoms with Crippen LogP contribution >= 0.6 is 0 Å². The van der Waals surface area contributed by atoms with Crippen molar-refractivity contribution in [1.82, 2.24) is 14.9 Å². The molecule has 0 saturated carbocycles. The van der Waals surface area contributed by atoms with Gasteiger partial charge >= 0.3 is 0 Å². The molecule has 1 amide bonds.